The first-order chi connectivity index (χ1) is 13.5. The normalized spacial score (nSPS) is 21.5. The van der Waals surface area contributed by atoms with E-state index in [-0.39, 0.29) is 5.91 Å². The maximum absolute atomic E-state index is 13.2. The van der Waals surface area contributed by atoms with E-state index in [0.717, 1.165) is 53.5 Å². The van der Waals surface area contributed by atoms with Crippen LogP contribution in [0, 0.1) is 25.7 Å². The molecule has 0 bridgehead atoms. The van der Waals surface area contributed by atoms with Crippen LogP contribution in [0.15, 0.2) is 24.4 Å². The number of carbonyl (C=O) groups excluding carboxylic acids is 1. The summed E-state index contributed by atoms with van der Waals surface area (Å²) in [4.78, 5) is 23.3. The molecule has 2 aliphatic rings. The zero-order chi connectivity index (χ0) is 19.4. The van der Waals surface area contributed by atoms with E-state index in [0.29, 0.717) is 22.4 Å². The summed E-state index contributed by atoms with van der Waals surface area (Å²) in [6.07, 6.45) is 1.83. The number of rotatable bonds is 2. The third kappa shape index (κ3) is 2.63. The molecule has 2 saturated heterocycles. The van der Waals surface area contributed by atoms with Gasteiger partial charge < -0.3 is 15.5 Å². The molecule has 0 aromatic carbocycles. The molecule has 8 heteroatoms. The second-order valence-corrected chi connectivity index (χ2v) is 8.76. The topological polar surface area (TPSA) is 88.2 Å². The number of nitrogen functional groups attached to an aromatic ring is 1. The van der Waals surface area contributed by atoms with Gasteiger partial charge in [0.15, 0.2) is 0 Å². The summed E-state index contributed by atoms with van der Waals surface area (Å²) in [5, 5.41) is 9.28. The van der Waals surface area contributed by atoms with Crippen LogP contribution in [0.1, 0.15) is 20.9 Å². The molecule has 2 aliphatic heterocycles. The molecule has 0 saturated carbocycles. The van der Waals surface area contributed by atoms with Crippen molar-refractivity contribution < 1.29 is 4.79 Å². The molecule has 3 aromatic heterocycles. The minimum absolute atomic E-state index is 0.0244. The lowest BCUT2D eigenvalue weighted by molar-refractivity contribution is 0.0788. The van der Waals surface area contributed by atoms with Crippen molar-refractivity contribution in [2.45, 2.75) is 13.8 Å². The Labute approximate surface area is 167 Å². The van der Waals surface area contributed by atoms with E-state index >= 15 is 0 Å². The molecule has 2 fully saturated rings. The van der Waals surface area contributed by atoms with Crippen molar-refractivity contribution in [2.24, 2.45) is 11.8 Å². The number of hydrogen-bond donors (Lipinski definition) is 1. The van der Waals surface area contributed by atoms with E-state index in [1.165, 1.54) is 11.3 Å². The summed E-state index contributed by atoms with van der Waals surface area (Å²) in [5.74, 6) is 2.00. The molecule has 2 atom stereocenters. The number of thiophene rings is 1. The van der Waals surface area contributed by atoms with Crippen LogP contribution in [-0.2, 0) is 0 Å². The SMILES string of the molecule is Cc1nnc2sc(C(=O)N3CC4CN(c5ccccn5)CC4C3)c(N)c2c1C. The predicted octanol–water partition coefficient (Wildman–Crippen LogP) is 2.49. The van der Waals surface area contributed by atoms with E-state index in [9.17, 15) is 4.79 Å². The smallest absolute Gasteiger partial charge is 0.266 e. The van der Waals surface area contributed by atoms with Crippen molar-refractivity contribution in [2.75, 3.05) is 36.8 Å². The summed E-state index contributed by atoms with van der Waals surface area (Å²) in [6.45, 7) is 7.31. The fraction of sp³-hybridized carbons (Fsp3) is 0.400. The van der Waals surface area contributed by atoms with Gasteiger partial charge in [0.1, 0.15) is 15.5 Å². The van der Waals surface area contributed by atoms with E-state index < -0.39 is 0 Å². The van der Waals surface area contributed by atoms with Gasteiger partial charge in [0.05, 0.1) is 11.4 Å². The van der Waals surface area contributed by atoms with Gasteiger partial charge in [0.25, 0.3) is 5.91 Å². The van der Waals surface area contributed by atoms with Crippen LogP contribution in [0.2, 0.25) is 0 Å². The van der Waals surface area contributed by atoms with Gasteiger partial charge in [-0.3, -0.25) is 4.79 Å². The lowest BCUT2D eigenvalue weighted by atomic mass is 10.0. The van der Waals surface area contributed by atoms with Crippen molar-refractivity contribution in [3.05, 3.63) is 40.5 Å². The number of nitrogens with zero attached hydrogens (tertiary/aromatic N) is 5. The lowest BCUT2D eigenvalue weighted by Gasteiger charge is -2.22. The molecule has 0 radical (unpaired) electrons. The maximum atomic E-state index is 13.2. The fourth-order valence-corrected chi connectivity index (χ4v) is 5.50. The minimum Gasteiger partial charge on any atom is -0.397 e. The van der Waals surface area contributed by atoms with Gasteiger partial charge >= 0.3 is 0 Å². The Kier molecular flexibility index (Phi) is 3.97. The summed E-state index contributed by atoms with van der Waals surface area (Å²) in [5.41, 5.74) is 8.77. The summed E-state index contributed by atoms with van der Waals surface area (Å²) < 4.78 is 0. The molecule has 28 heavy (non-hydrogen) atoms. The van der Waals surface area contributed by atoms with Crippen LogP contribution < -0.4 is 10.6 Å². The molecular weight excluding hydrogens is 372 g/mol. The third-order valence-electron chi connectivity index (χ3n) is 6.08. The fourth-order valence-electron chi connectivity index (χ4n) is 4.43. The quantitative estimate of drug-likeness (QED) is 0.718. The van der Waals surface area contributed by atoms with E-state index in [4.69, 9.17) is 5.73 Å². The van der Waals surface area contributed by atoms with Gasteiger partial charge in [-0.2, -0.15) is 5.10 Å². The number of pyridine rings is 1. The monoisotopic (exact) mass is 394 g/mol. The Balaban J connectivity index is 1.36. The van der Waals surface area contributed by atoms with Crippen LogP contribution in [0.5, 0.6) is 0 Å². The molecule has 144 valence electrons. The van der Waals surface area contributed by atoms with Crippen LogP contribution in [-0.4, -0.2) is 52.2 Å². The Hall–Kier alpha value is -2.74. The standard InChI is InChI=1S/C20H22N6OS/c1-11-12(2)23-24-19-16(11)17(21)18(28-19)20(27)26-9-13-7-25(8-14(13)10-26)15-5-3-4-6-22-15/h3-6,13-14H,7-10,21H2,1-2H3. The number of hydrogen-bond acceptors (Lipinski definition) is 7. The highest BCUT2D eigenvalue weighted by atomic mass is 32.1. The van der Waals surface area contributed by atoms with Gasteiger partial charge in [0, 0.05) is 49.6 Å². The van der Waals surface area contributed by atoms with E-state index in [1.807, 2.05) is 43.1 Å². The van der Waals surface area contributed by atoms with Gasteiger partial charge in [-0.25, -0.2) is 4.98 Å². The highest BCUT2D eigenvalue weighted by Gasteiger charge is 2.42. The number of fused-ring (bicyclic) bond motifs is 2. The second kappa shape index (κ2) is 6.41. The van der Waals surface area contributed by atoms with Crippen molar-refractivity contribution in [1.29, 1.82) is 0 Å². The van der Waals surface area contributed by atoms with Gasteiger partial charge in [-0.15, -0.1) is 16.4 Å². The molecular formula is C20H22N6OS. The highest BCUT2D eigenvalue weighted by Crippen LogP contribution is 2.38. The van der Waals surface area contributed by atoms with Crippen molar-refractivity contribution in [3.63, 3.8) is 0 Å². The zero-order valence-corrected chi connectivity index (χ0v) is 16.7. The summed E-state index contributed by atoms with van der Waals surface area (Å²) in [7, 11) is 0. The molecule has 0 spiro atoms. The number of likely N-dealkylation sites (tertiary alicyclic amines) is 1. The number of anilines is 2. The van der Waals surface area contributed by atoms with Crippen LogP contribution in [0.3, 0.4) is 0 Å². The Morgan fingerprint density at radius 1 is 1.14 bits per heavy atom. The largest absolute Gasteiger partial charge is 0.397 e. The molecule has 5 heterocycles. The first-order valence-corrected chi connectivity index (χ1v) is 10.3. The number of aromatic nitrogens is 3. The molecule has 7 nitrogen and oxygen atoms in total. The Morgan fingerprint density at radius 3 is 2.57 bits per heavy atom. The van der Waals surface area contributed by atoms with Crippen molar-refractivity contribution >= 4 is 39.0 Å². The number of amides is 1. The molecule has 3 aromatic rings. The number of aryl methyl sites for hydroxylation is 2. The number of carbonyl (C=O) groups is 1. The van der Waals surface area contributed by atoms with Gasteiger partial charge in [-0.1, -0.05) is 6.07 Å². The molecule has 2 unspecified atom stereocenters. The summed E-state index contributed by atoms with van der Waals surface area (Å²) >= 11 is 1.36. The first-order valence-electron chi connectivity index (χ1n) is 9.50. The minimum atomic E-state index is 0.0244. The molecule has 2 N–H and O–H groups in total. The van der Waals surface area contributed by atoms with Gasteiger partial charge in [0.2, 0.25) is 0 Å². The maximum Gasteiger partial charge on any atom is 0.266 e. The Bertz CT molecular complexity index is 1050. The second-order valence-electron chi connectivity index (χ2n) is 7.76. The van der Waals surface area contributed by atoms with Crippen LogP contribution in [0.25, 0.3) is 10.2 Å². The molecule has 0 aliphatic carbocycles. The molecule has 1 amide bonds. The average Bonchev–Trinajstić information content (AvgIpc) is 3.37. The van der Waals surface area contributed by atoms with Crippen LogP contribution >= 0.6 is 11.3 Å². The number of nitrogens with two attached hydrogens (primary N) is 1. The third-order valence-corrected chi connectivity index (χ3v) is 7.15. The lowest BCUT2D eigenvalue weighted by Crippen LogP contribution is -2.33. The predicted molar refractivity (Wildman–Crippen MR) is 111 cm³/mol. The zero-order valence-electron chi connectivity index (χ0n) is 15.9. The van der Waals surface area contributed by atoms with Crippen molar-refractivity contribution in [3.8, 4) is 0 Å². The van der Waals surface area contributed by atoms with E-state index in [2.05, 4.69) is 20.1 Å². The summed E-state index contributed by atoms with van der Waals surface area (Å²) in [6, 6.07) is 6.00. The molecule has 5 rings (SSSR count). The highest BCUT2D eigenvalue weighted by molar-refractivity contribution is 7.21. The van der Waals surface area contributed by atoms with Crippen LogP contribution in [0.4, 0.5) is 11.5 Å². The Morgan fingerprint density at radius 2 is 1.89 bits per heavy atom. The average molecular weight is 395 g/mol. The van der Waals surface area contributed by atoms with E-state index in [1.54, 1.807) is 0 Å². The van der Waals surface area contributed by atoms with Gasteiger partial charge in [-0.05, 0) is 31.5 Å². The van der Waals surface area contributed by atoms with Crippen molar-refractivity contribution in [1.82, 2.24) is 20.1 Å². The first kappa shape index (κ1) is 17.4.